The zero-order chi connectivity index (χ0) is 44.6. The predicted octanol–water partition coefficient (Wildman–Crippen LogP) is 15.4. The molecule has 12 rings (SSSR count). The van der Waals surface area contributed by atoms with Crippen LogP contribution in [0.25, 0.3) is 105 Å². The minimum atomic E-state index is -2.09. The predicted molar refractivity (Wildman–Crippen MR) is 260 cm³/mol. The molecule has 4 nitrogen and oxygen atoms in total. The van der Waals surface area contributed by atoms with Gasteiger partial charge in [0.1, 0.15) is 0 Å². The fourth-order valence-electron chi connectivity index (χ4n) is 8.51. The summed E-state index contributed by atoms with van der Waals surface area (Å²) in [6.45, 7) is -2.09. The largest absolute Gasteiger partial charge is 0.557 e. The SMILES string of the molecule is [2H]C([2H])([2H])c1ccc(-c2[c-]cccc2)nc1.[Ir].[c-]1oc2ccc(-c3ccc4ccc5ccccc5c4c3)cc2c1-c1nc2ccccc2n1-c1c(-c2ccccc2)cccc1-c1ccccc1. The summed E-state index contributed by atoms with van der Waals surface area (Å²) in [6.07, 6.45) is 4.69. The van der Waals surface area contributed by atoms with Crippen LogP contribution in [0, 0.1) is 19.2 Å². The Morgan fingerprint density at radius 3 is 1.92 bits per heavy atom. The summed E-state index contributed by atoms with van der Waals surface area (Å²) in [5.41, 5.74) is 13.2. The molecule has 3 heterocycles. The molecule has 3 aromatic heterocycles. The molecule has 0 saturated carbocycles. The second-order valence-electron chi connectivity index (χ2n) is 15.4. The monoisotopic (exact) mass is 1000 g/mol. The van der Waals surface area contributed by atoms with E-state index in [2.05, 4.69) is 192 Å². The van der Waals surface area contributed by atoms with E-state index in [0.29, 0.717) is 0 Å². The van der Waals surface area contributed by atoms with E-state index in [1.165, 1.54) is 27.7 Å². The van der Waals surface area contributed by atoms with Crippen LogP contribution in [0.15, 0.2) is 223 Å². The number of imidazole rings is 1. The average molecular weight is 1000 g/mol. The van der Waals surface area contributed by atoms with Gasteiger partial charge >= 0.3 is 0 Å². The third kappa shape index (κ3) is 7.62. The minimum Gasteiger partial charge on any atom is -0.557 e. The summed E-state index contributed by atoms with van der Waals surface area (Å²) in [5.74, 6) is 0.784. The van der Waals surface area contributed by atoms with Gasteiger partial charge in [0, 0.05) is 53.4 Å². The number of rotatable bonds is 6. The van der Waals surface area contributed by atoms with Gasteiger partial charge in [0.15, 0.2) is 0 Å². The molecule has 9 aromatic carbocycles. The number of aromatic nitrogens is 3. The molecule has 0 amide bonds. The zero-order valence-corrected chi connectivity index (χ0v) is 36.8. The molecule has 12 aromatic rings. The third-order valence-corrected chi connectivity index (χ3v) is 11.6. The van der Waals surface area contributed by atoms with Gasteiger partial charge in [-0.2, -0.15) is 0 Å². The van der Waals surface area contributed by atoms with Gasteiger partial charge < -0.3 is 14.0 Å². The Bertz CT molecular complexity index is 3620. The van der Waals surface area contributed by atoms with Crippen molar-refractivity contribution >= 4 is 43.5 Å². The van der Waals surface area contributed by atoms with E-state index in [-0.39, 0.29) is 25.7 Å². The standard InChI is InChI=1S/C47H29N2O.C12H10N.Ir/c1-3-12-31(13-4-1)38-18-11-19-39(32-14-5-2-6-15-32)46(38)49-44-21-10-9-20-43(44)48-47(49)42-30-50-45-27-26-36(29-41(42)45)35-25-24-34-23-22-33-16-7-8-17-37(33)40(34)28-35;1-10-7-8-12(13-9-10)11-5-3-2-4-6-11;/h1-29H;2-5,7-9H,1H3;/q2*-1;/i;1D3;. The molecule has 0 aliphatic heterocycles. The summed E-state index contributed by atoms with van der Waals surface area (Å²) in [5, 5.41) is 5.93. The molecule has 0 bridgehead atoms. The Labute approximate surface area is 389 Å². The molecular weight excluding hydrogens is 959 g/mol. The second-order valence-corrected chi connectivity index (χ2v) is 15.4. The Kier molecular flexibility index (Phi) is 10.1. The van der Waals surface area contributed by atoms with Gasteiger partial charge in [-0.15, -0.1) is 35.9 Å². The van der Waals surface area contributed by atoms with Crippen LogP contribution in [0.2, 0.25) is 0 Å². The molecule has 307 valence electrons. The van der Waals surface area contributed by atoms with Gasteiger partial charge in [-0.1, -0.05) is 181 Å². The Hall–Kier alpha value is -7.69. The van der Waals surface area contributed by atoms with Crippen molar-refractivity contribution in [2.24, 2.45) is 0 Å². The van der Waals surface area contributed by atoms with Crippen LogP contribution in [-0.2, 0) is 20.1 Å². The first-order valence-corrected chi connectivity index (χ1v) is 20.9. The number of furan rings is 1. The maximum Gasteiger partial charge on any atom is 0.0774 e. The van der Waals surface area contributed by atoms with Gasteiger partial charge in [-0.25, -0.2) is 0 Å². The van der Waals surface area contributed by atoms with E-state index in [9.17, 15) is 0 Å². The number of benzene rings is 9. The van der Waals surface area contributed by atoms with Gasteiger partial charge in [-0.3, -0.25) is 4.98 Å². The van der Waals surface area contributed by atoms with Crippen molar-refractivity contribution < 1.29 is 28.6 Å². The van der Waals surface area contributed by atoms with E-state index >= 15 is 0 Å². The molecule has 0 N–H and O–H groups in total. The van der Waals surface area contributed by atoms with Crippen LogP contribution in [-0.4, -0.2) is 14.5 Å². The van der Waals surface area contributed by atoms with Crippen molar-refractivity contribution in [2.45, 2.75) is 6.85 Å². The van der Waals surface area contributed by atoms with Gasteiger partial charge in [-0.05, 0) is 80.1 Å². The maximum atomic E-state index is 7.23. The van der Waals surface area contributed by atoms with Gasteiger partial charge in [0.2, 0.25) is 0 Å². The number of nitrogens with zero attached hydrogens (tertiary/aromatic N) is 3. The average Bonchev–Trinajstić information content (AvgIpc) is 3.98. The van der Waals surface area contributed by atoms with Crippen LogP contribution in [0.4, 0.5) is 0 Å². The summed E-state index contributed by atoms with van der Waals surface area (Å²) in [6, 6.07) is 76.0. The summed E-state index contributed by atoms with van der Waals surface area (Å²) in [4.78, 5) is 9.42. The quantitative estimate of drug-likeness (QED) is 0.123. The number of hydrogen-bond acceptors (Lipinski definition) is 3. The van der Waals surface area contributed by atoms with Crippen LogP contribution >= 0.6 is 0 Å². The molecule has 0 aliphatic carbocycles. The second kappa shape index (κ2) is 17.6. The van der Waals surface area contributed by atoms with E-state index in [4.69, 9.17) is 13.5 Å². The van der Waals surface area contributed by atoms with Gasteiger partial charge in [0.25, 0.3) is 0 Å². The topological polar surface area (TPSA) is 43.9 Å². The number of fused-ring (bicyclic) bond motifs is 5. The van der Waals surface area contributed by atoms with Gasteiger partial charge in [0.05, 0.1) is 22.5 Å². The first-order valence-electron chi connectivity index (χ1n) is 22.4. The first-order chi connectivity index (χ1) is 32.4. The van der Waals surface area contributed by atoms with Crippen LogP contribution in [0.5, 0.6) is 0 Å². The van der Waals surface area contributed by atoms with E-state index in [0.717, 1.165) is 83.7 Å². The number of pyridine rings is 1. The Morgan fingerprint density at radius 2 is 1.20 bits per heavy atom. The van der Waals surface area contributed by atoms with Crippen molar-refractivity contribution in [3.05, 3.63) is 236 Å². The molecular formula is C59H39IrN3O-2. The maximum absolute atomic E-state index is 7.23. The molecule has 0 fully saturated rings. The van der Waals surface area contributed by atoms with Crippen LogP contribution < -0.4 is 0 Å². The van der Waals surface area contributed by atoms with Crippen LogP contribution in [0.1, 0.15) is 9.68 Å². The first kappa shape index (κ1) is 36.9. The molecule has 0 spiro atoms. The van der Waals surface area contributed by atoms with Crippen molar-refractivity contribution in [3.8, 4) is 61.7 Å². The molecule has 64 heavy (non-hydrogen) atoms. The van der Waals surface area contributed by atoms with Crippen molar-refractivity contribution in [3.63, 3.8) is 0 Å². The fourth-order valence-corrected chi connectivity index (χ4v) is 8.51. The number of hydrogen-bond donors (Lipinski definition) is 0. The smallest absolute Gasteiger partial charge is 0.0774 e. The molecule has 1 radical (unpaired) electrons. The summed E-state index contributed by atoms with van der Waals surface area (Å²) < 4.78 is 30.2. The number of aryl methyl sites for hydroxylation is 1. The molecule has 0 saturated heterocycles. The molecule has 5 heteroatoms. The minimum absolute atomic E-state index is 0. The van der Waals surface area contributed by atoms with Crippen LogP contribution in [0.3, 0.4) is 0 Å². The molecule has 0 unspecified atom stereocenters. The normalized spacial score (nSPS) is 12.0. The Morgan fingerprint density at radius 1 is 0.547 bits per heavy atom. The number of para-hydroxylation sites is 3. The van der Waals surface area contributed by atoms with Crippen molar-refractivity contribution in [2.75, 3.05) is 0 Å². The van der Waals surface area contributed by atoms with E-state index in [1.54, 1.807) is 18.2 Å². The fraction of sp³-hybridized carbons (Fsp3) is 0.0169. The zero-order valence-electron chi connectivity index (χ0n) is 37.4. The van der Waals surface area contributed by atoms with Crippen molar-refractivity contribution in [1.82, 2.24) is 14.5 Å². The van der Waals surface area contributed by atoms with E-state index in [1.807, 2.05) is 24.3 Å². The third-order valence-electron chi connectivity index (χ3n) is 11.6. The Balaban J connectivity index is 0.000000263. The van der Waals surface area contributed by atoms with Crippen molar-refractivity contribution in [1.29, 1.82) is 0 Å². The summed E-state index contributed by atoms with van der Waals surface area (Å²) >= 11 is 0. The van der Waals surface area contributed by atoms with E-state index < -0.39 is 6.85 Å². The molecule has 0 aliphatic rings. The summed E-state index contributed by atoms with van der Waals surface area (Å²) in [7, 11) is 0. The molecule has 0 atom stereocenters.